The van der Waals surface area contributed by atoms with Gasteiger partial charge in [0, 0.05) is 44.6 Å². The normalized spacial score (nSPS) is 35.4. The third-order valence-electron chi connectivity index (χ3n) is 12.4. The topological polar surface area (TPSA) is 235 Å². The number of fused-ring (bicyclic) bond motifs is 2. The summed E-state index contributed by atoms with van der Waals surface area (Å²) in [5, 5.41) is 69.1. The number of nitrogens with one attached hydrogen (secondary N) is 2. The van der Waals surface area contributed by atoms with E-state index in [9.17, 15) is 40.2 Å². The Kier molecular flexibility index (Phi) is 12.8. The number of piperazine rings is 1. The van der Waals surface area contributed by atoms with Crippen molar-refractivity contribution in [1.82, 2.24) is 15.1 Å². The zero-order valence-corrected chi connectivity index (χ0v) is 34.2. The highest BCUT2D eigenvalue weighted by Gasteiger charge is 2.54. The highest BCUT2D eigenvalue weighted by molar-refractivity contribution is 6.54. The molecule has 0 saturated carbocycles. The van der Waals surface area contributed by atoms with E-state index >= 15 is 0 Å². The molecule has 5 fully saturated rings. The van der Waals surface area contributed by atoms with E-state index in [1.807, 2.05) is 73.7 Å². The number of likely N-dealkylation sites (N-methyl/N-ethyl adjacent to an activating group) is 2. The van der Waals surface area contributed by atoms with Crippen LogP contribution in [-0.4, -0.2) is 186 Å². The molecule has 11 atom stereocenters. The number of aliphatic hydroxyl groups excluding tert-OH is 6. The summed E-state index contributed by atoms with van der Waals surface area (Å²) < 4.78 is 29.2. The summed E-state index contributed by atoms with van der Waals surface area (Å²) in [6, 6.07) is 17.1. The van der Waals surface area contributed by atoms with Crippen LogP contribution in [0.4, 0.5) is 11.4 Å². The first kappa shape index (κ1) is 43.6. The number of carbonyl (C=O) groups is 2. The molecule has 0 aromatic heterocycles. The molecule has 5 heterocycles. The van der Waals surface area contributed by atoms with Crippen LogP contribution < -0.4 is 15.5 Å². The highest BCUT2D eigenvalue weighted by Crippen LogP contribution is 2.44. The van der Waals surface area contributed by atoms with Crippen LogP contribution in [0.15, 0.2) is 83.4 Å². The van der Waals surface area contributed by atoms with Crippen LogP contribution in [0.5, 0.6) is 0 Å². The molecule has 19 heteroatoms. The molecule has 18 nitrogen and oxygen atoms in total. The van der Waals surface area contributed by atoms with Gasteiger partial charge in [0.05, 0.1) is 36.6 Å². The standard InChI is InChI=1S/C42H54BN5O13/c1-42-19-24(43-57-22-29-38(61-43)35(53)37(55)41(59-29)60-40-36(54)34(52)33(51)28(21-49)58-40)9-14-27(42)31(39(56)45-42)32(23-7-5-4-6-8-23)44-25-10-12-26(13-11-25)47(3)30(50)20-48-17-15-46(2)16-18-48/h4-14,28-29,33-38,40-41,44,49,51-55H,15-22H2,1-3H3,(H,45,56)/b32-31-/t28-,29-,33-,34+,35?,36-,37-,38-,40-,41-,42?/m1/s1. The largest absolute Gasteiger partial charge is 0.490 e. The average Bonchev–Trinajstić information content (AvgIpc) is 3.53. The number of hydrogen-bond donors (Lipinski definition) is 8. The minimum atomic E-state index is -1.75. The van der Waals surface area contributed by atoms with E-state index in [-0.39, 0.29) is 18.4 Å². The molecule has 0 spiro atoms. The molecule has 61 heavy (non-hydrogen) atoms. The van der Waals surface area contributed by atoms with Crippen molar-refractivity contribution in [3.05, 3.63) is 88.9 Å². The molecule has 2 aromatic rings. The van der Waals surface area contributed by atoms with E-state index in [1.54, 1.807) is 11.9 Å². The van der Waals surface area contributed by atoms with Gasteiger partial charge in [-0.25, -0.2) is 0 Å². The number of amides is 2. The lowest BCUT2D eigenvalue weighted by atomic mass is 9.66. The third-order valence-corrected chi connectivity index (χ3v) is 12.4. The summed E-state index contributed by atoms with van der Waals surface area (Å²) in [5.74, 6) is -0.273. The zero-order chi connectivity index (χ0) is 43.2. The Hall–Kier alpha value is -4.06. The van der Waals surface area contributed by atoms with Crippen LogP contribution in [-0.2, 0) is 33.1 Å². The van der Waals surface area contributed by atoms with Gasteiger partial charge >= 0.3 is 7.12 Å². The maximum Gasteiger partial charge on any atom is 0.490 e. The van der Waals surface area contributed by atoms with Gasteiger partial charge in [0.25, 0.3) is 5.91 Å². The van der Waals surface area contributed by atoms with Crippen molar-refractivity contribution in [3.63, 3.8) is 0 Å². The predicted octanol–water partition coefficient (Wildman–Crippen LogP) is -1.43. The van der Waals surface area contributed by atoms with Crippen molar-refractivity contribution < 1.29 is 63.7 Å². The van der Waals surface area contributed by atoms with E-state index in [4.69, 9.17) is 23.5 Å². The maximum atomic E-state index is 14.0. The van der Waals surface area contributed by atoms with Crippen molar-refractivity contribution in [2.45, 2.75) is 80.3 Å². The molecule has 2 aromatic carbocycles. The lowest BCUT2D eigenvalue weighted by Crippen LogP contribution is -2.66. The van der Waals surface area contributed by atoms with Gasteiger partial charge in [0.15, 0.2) is 12.6 Å². The van der Waals surface area contributed by atoms with Gasteiger partial charge in [0.2, 0.25) is 5.91 Å². The number of carbonyl (C=O) groups excluding carboxylic acids is 2. The van der Waals surface area contributed by atoms with Crippen LogP contribution in [0.1, 0.15) is 18.9 Å². The Morgan fingerprint density at radius 3 is 2.33 bits per heavy atom. The summed E-state index contributed by atoms with van der Waals surface area (Å²) in [6.07, 6.45) is -10.7. The Morgan fingerprint density at radius 1 is 0.934 bits per heavy atom. The lowest BCUT2D eigenvalue weighted by Gasteiger charge is -2.48. The molecular weight excluding hydrogens is 793 g/mol. The molecule has 5 saturated heterocycles. The smallest absolute Gasteiger partial charge is 0.405 e. The van der Waals surface area contributed by atoms with Crippen molar-refractivity contribution >= 4 is 36.0 Å². The number of ether oxygens (including phenoxy) is 3. The SMILES string of the molecule is CN1CCN(CC(=O)N(C)c2ccc(N/C(=C3\C(=O)NC4(C)CC(B5OC[C@H]6O[C@H](O[C@H]7O[C@H](CO)[C@@H](O)[C@H](O)[C@H]7O)[C@H](O)C(O)[C@@H]6O5)=CC=C34)c3ccccc3)cc2)CC1. The van der Waals surface area contributed by atoms with Crippen LogP contribution in [0, 0.1) is 0 Å². The number of benzene rings is 2. The Morgan fingerprint density at radius 2 is 1.62 bits per heavy atom. The second-order valence-electron chi connectivity index (χ2n) is 16.7. The molecular formula is C42H54BN5O13. The van der Waals surface area contributed by atoms with Crippen molar-refractivity contribution in [2.24, 2.45) is 0 Å². The van der Waals surface area contributed by atoms with Gasteiger partial charge in [-0.3, -0.25) is 14.5 Å². The first-order chi connectivity index (χ1) is 29.2. The lowest BCUT2D eigenvalue weighted by molar-refractivity contribution is -0.377. The van der Waals surface area contributed by atoms with E-state index in [1.165, 1.54) is 0 Å². The molecule has 8 rings (SSSR count). The van der Waals surface area contributed by atoms with Crippen molar-refractivity contribution in [1.29, 1.82) is 0 Å². The Balaban J connectivity index is 0.972. The zero-order valence-electron chi connectivity index (χ0n) is 34.2. The quantitative estimate of drug-likeness (QED) is 0.101. The van der Waals surface area contributed by atoms with Gasteiger partial charge in [-0.1, -0.05) is 42.5 Å². The number of nitrogens with zero attached hydrogens (tertiary/aromatic N) is 3. The van der Waals surface area contributed by atoms with Crippen molar-refractivity contribution in [2.75, 3.05) is 70.2 Å². The second kappa shape index (κ2) is 18.0. The molecule has 2 unspecified atom stereocenters. The van der Waals surface area contributed by atoms with Crippen LogP contribution in [0.3, 0.4) is 0 Å². The fraction of sp³-hybridized carbons (Fsp3) is 0.524. The maximum absolute atomic E-state index is 14.0. The summed E-state index contributed by atoms with van der Waals surface area (Å²) in [7, 11) is 2.89. The predicted molar refractivity (Wildman–Crippen MR) is 220 cm³/mol. The van der Waals surface area contributed by atoms with Crippen molar-refractivity contribution in [3.8, 4) is 0 Å². The molecule has 2 amide bonds. The van der Waals surface area contributed by atoms with E-state index in [0.717, 1.165) is 48.7 Å². The minimum Gasteiger partial charge on any atom is -0.405 e. The first-order valence-electron chi connectivity index (χ1n) is 20.6. The van der Waals surface area contributed by atoms with Gasteiger partial charge in [-0.2, -0.15) is 0 Å². The molecule has 8 N–H and O–H groups in total. The van der Waals surface area contributed by atoms with Gasteiger partial charge in [-0.05, 0) is 61.3 Å². The molecule has 0 bridgehead atoms. The van der Waals surface area contributed by atoms with E-state index in [0.29, 0.717) is 29.7 Å². The second-order valence-corrected chi connectivity index (χ2v) is 16.7. The molecule has 328 valence electrons. The summed E-state index contributed by atoms with van der Waals surface area (Å²) in [5.41, 5.74) is 3.87. The first-order valence-corrected chi connectivity index (χ1v) is 20.6. The summed E-state index contributed by atoms with van der Waals surface area (Å²) in [6.45, 7) is 5.06. The van der Waals surface area contributed by atoms with E-state index in [2.05, 4.69) is 27.5 Å². The number of rotatable bonds is 10. The van der Waals surface area contributed by atoms with Gasteiger partial charge < -0.3 is 74.6 Å². The van der Waals surface area contributed by atoms with Crippen LogP contribution in [0.25, 0.3) is 5.70 Å². The number of anilines is 2. The fourth-order valence-corrected chi connectivity index (χ4v) is 8.69. The number of allylic oxidation sites excluding steroid dienone is 2. The van der Waals surface area contributed by atoms with E-state index < -0.39 is 80.7 Å². The minimum absolute atomic E-state index is 0.00832. The molecule has 5 aliphatic heterocycles. The fourth-order valence-electron chi connectivity index (χ4n) is 8.69. The third kappa shape index (κ3) is 8.81. The molecule has 6 aliphatic rings. The monoisotopic (exact) mass is 847 g/mol. The summed E-state index contributed by atoms with van der Waals surface area (Å²) in [4.78, 5) is 33.3. The average molecular weight is 848 g/mol. The van der Waals surface area contributed by atoms with Gasteiger partial charge in [-0.15, -0.1) is 0 Å². The highest BCUT2D eigenvalue weighted by atomic mass is 16.8. The number of hydrogen-bond acceptors (Lipinski definition) is 16. The molecule has 1 aliphatic carbocycles. The number of aliphatic hydroxyl groups is 6. The Labute approximate surface area is 353 Å². The Bertz CT molecular complexity index is 2010. The summed E-state index contributed by atoms with van der Waals surface area (Å²) >= 11 is 0. The van der Waals surface area contributed by atoms with Crippen LogP contribution in [0.2, 0.25) is 0 Å². The van der Waals surface area contributed by atoms with Crippen LogP contribution >= 0.6 is 0 Å². The van der Waals surface area contributed by atoms with Gasteiger partial charge in [0.1, 0.15) is 48.8 Å². The molecule has 0 radical (unpaired) electrons.